The number of ether oxygens (including phenoxy) is 1. The number of amides is 2. The number of nitrogens with one attached hydrogen (secondary N) is 2. The number of aliphatic hydroxyl groups excluding tert-OH is 1. The summed E-state index contributed by atoms with van der Waals surface area (Å²) in [6.45, 7) is 2.17. The molecule has 0 aliphatic heterocycles. The molecule has 2 aromatic rings. The van der Waals surface area contributed by atoms with Crippen molar-refractivity contribution in [1.29, 1.82) is 0 Å². The van der Waals surface area contributed by atoms with Gasteiger partial charge >= 0.3 is 0 Å². The minimum atomic E-state index is -0.238. The largest absolute Gasteiger partial charge is 0.492 e. The van der Waals surface area contributed by atoms with Gasteiger partial charge in [0.15, 0.2) is 5.16 Å². The molecule has 0 spiro atoms. The highest BCUT2D eigenvalue weighted by Gasteiger charge is 2.15. The Morgan fingerprint density at radius 1 is 1.31 bits per heavy atom. The second kappa shape index (κ2) is 9.83. The summed E-state index contributed by atoms with van der Waals surface area (Å²) in [5, 5.41) is 15.2. The van der Waals surface area contributed by atoms with E-state index in [4.69, 9.17) is 4.74 Å². The highest BCUT2D eigenvalue weighted by atomic mass is 32.2. The zero-order chi connectivity index (χ0) is 18.9. The van der Waals surface area contributed by atoms with Gasteiger partial charge in [0.2, 0.25) is 11.8 Å². The maximum absolute atomic E-state index is 12.3. The number of para-hydroxylation sites is 2. The molecule has 0 bridgehead atoms. The van der Waals surface area contributed by atoms with Crippen molar-refractivity contribution in [2.75, 3.05) is 24.7 Å². The second-order valence-electron chi connectivity index (χ2n) is 5.22. The zero-order valence-electron chi connectivity index (χ0n) is 14.7. The monoisotopic (exact) mass is 378 g/mol. The van der Waals surface area contributed by atoms with Crippen LogP contribution >= 0.6 is 11.8 Å². The highest BCUT2D eigenvalue weighted by Crippen LogP contribution is 2.25. The van der Waals surface area contributed by atoms with Crippen LogP contribution < -0.4 is 15.4 Å². The molecule has 8 nitrogen and oxygen atoms in total. The first-order chi connectivity index (χ1) is 12.6. The second-order valence-corrected chi connectivity index (χ2v) is 6.16. The van der Waals surface area contributed by atoms with Crippen LogP contribution in [0.5, 0.6) is 5.75 Å². The van der Waals surface area contributed by atoms with E-state index in [0.717, 1.165) is 0 Å². The smallest absolute Gasteiger partial charge is 0.239 e. The van der Waals surface area contributed by atoms with Gasteiger partial charge in [0.1, 0.15) is 12.3 Å². The molecule has 0 fully saturated rings. The highest BCUT2D eigenvalue weighted by molar-refractivity contribution is 7.99. The third-order valence-electron chi connectivity index (χ3n) is 3.44. The van der Waals surface area contributed by atoms with Gasteiger partial charge in [-0.25, -0.2) is 4.98 Å². The van der Waals surface area contributed by atoms with Crippen molar-refractivity contribution in [3.05, 3.63) is 36.2 Å². The number of hydrogen-bond acceptors (Lipinski definition) is 6. The molecular formula is C17H22N4O4S. The van der Waals surface area contributed by atoms with E-state index in [-0.39, 0.29) is 30.7 Å². The summed E-state index contributed by atoms with van der Waals surface area (Å²) in [5.41, 5.74) is 1.11. The number of imidazole rings is 1. The lowest BCUT2D eigenvalue weighted by Crippen LogP contribution is -2.25. The van der Waals surface area contributed by atoms with Gasteiger partial charge in [-0.3, -0.25) is 9.59 Å². The summed E-state index contributed by atoms with van der Waals surface area (Å²) in [6, 6.07) is 7.20. The third kappa shape index (κ3) is 5.24. The summed E-state index contributed by atoms with van der Waals surface area (Å²) in [7, 11) is 1.54. The predicted molar refractivity (Wildman–Crippen MR) is 99.2 cm³/mol. The third-order valence-corrected chi connectivity index (χ3v) is 4.43. The number of benzene rings is 1. The molecule has 0 atom stereocenters. The van der Waals surface area contributed by atoms with Crippen LogP contribution in [0.4, 0.5) is 5.69 Å². The number of carbonyl (C=O) groups excluding carboxylic acids is 2. The number of aromatic nitrogens is 2. The first-order valence-electron chi connectivity index (χ1n) is 8.09. The molecule has 9 heteroatoms. The molecule has 2 amide bonds. The van der Waals surface area contributed by atoms with Crippen molar-refractivity contribution in [3.63, 3.8) is 0 Å². The summed E-state index contributed by atoms with van der Waals surface area (Å²) >= 11 is 1.19. The van der Waals surface area contributed by atoms with Gasteiger partial charge in [-0.1, -0.05) is 23.9 Å². The summed E-state index contributed by atoms with van der Waals surface area (Å²) in [4.78, 5) is 28.1. The molecule has 2 rings (SSSR count). The van der Waals surface area contributed by atoms with E-state index in [2.05, 4.69) is 15.6 Å². The lowest BCUT2D eigenvalue weighted by atomic mass is 10.3. The van der Waals surface area contributed by atoms with Crippen molar-refractivity contribution in [2.45, 2.75) is 25.2 Å². The molecule has 0 saturated heterocycles. The Balaban J connectivity index is 2.01. The van der Waals surface area contributed by atoms with Crippen LogP contribution in [0.25, 0.3) is 0 Å². The fourth-order valence-electron chi connectivity index (χ4n) is 2.19. The Bertz CT molecular complexity index is 763. The maximum Gasteiger partial charge on any atom is 0.239 e. The van der Waals surface area contributed by atoms with Crippen LogP contribution in [-0.2, 0) is 22.7 Å². The predicted octanol–water partition coefficient (Wildman–Crippen LogP) is 1.25. The SMILES string of the molecule is CCOc1ccccc1NC(=O)CSc1ncc(CO)n1CC(=O)NC. The zero-order valence-corrected chi connectivity index (χ0v) is 15.5. The molecule has 140 valence electrons. The Kier molecular flexibility index (Phi) is 7.49. The van der Waals surface area contributed by atoms with E-state index in [9.17, 15) is 14.7 Å². The lowest BCUT2D eigenvalue weighted by molar-refractivity contribution is -0.121. The van der Waals surface area contributed by atoms with E-state index in [1.165, 1.54) is 25.0 Å². The first kappa shape index (κ1) is 19.8. The molecular weight excluding hydrogens is 356 g/mol. The molecule has 1 heterocycles. The van der Waals surface area contributed by atoms with Crippen molar-refractivity contribution in [1.82, 2.24) is 14.9 Å². The van der Waals surface area contributed by atoms with Gasteiger partial charge in [0.25, 0.3) is 0 Å². The van der Waals surface area contributed by atoms with Gasteiger partial charge in [0, 0.05) is 7.05 Å². The molecule has 26 heavy (non-hydrogen) atoms. The van der Waals surface area contributed by atoms with Gasteiger partial charge in [-0.2, -0.15) is 0 Å². The number of hydrogen-bond donors (Lipinski definition) is 3. The Morgan fingerprint density at radius 3 is 2.77 bits per heavy atom. The fraction of sp³-hybridized carbons (Fsp3) is 0.353. The quantitative estimate of drug-likeness (QED) is 0.567. The van der Waals surface area contributed by atoms with E-state index >= 15 is 0 Å². The van der Waals surface area contributed by atoms with E-state index in [1.54, 1.807) is 16.7 Å². The molecule has 0 aliphatic rings. The molecule has 0 radical (unpaired) electrons. The standard InChI is InChI=1S/C17H22N4O4S/c1-3-25-14-7-5-4-6-13(14)20-16(24)11-26-17-19-8-12(10-22)21(17)9-15(23)18-2/h4-8,22H,3,9-11H2,1-2H3,(H,18,23)(H,20,24). The Morgan fingerprint density at radius 2 is 2.08 bits per heavy atom. The van der Waals surface area contributed by atoms with Crippen molar-refractivity contribution in [2.24, 2.45) is 0 Å². The van der Waals surface area contributed by atoms with Crippen LogP contribution in [0.2, 0.25) is 0 Å². The number of rotatable bonds is 9. The molecule has 0 saturated carbocycles. The summed E-state index contributed by atoms with van der Waals surface area (Å²) in [6.07, 6.45) is 1.49. The number of carbonyl (C=O) groups is 2. The fourth-order valence-corrected chi connectivity index (χ4v) is 2.99. The topological polar surface area (TPSA) is 105 Å². The molecule has 0 unspecified atom stereocenters. The van der Waals surface area contributed by atoms with Crippen molar-refractivity contribution < 1.29 is 19.4 Å². The number of aliphatic hydroxyl groups is 1. The van der Waals surface area contributed by atoms with Gasteiger partial charge in [-0.05, 0) is 19.1 Å². The molecule has 1 aromatic heterocycles. The van der Waals surface area contributed by atoms with Crippen LogP contribution in [0.3, 0.4) is 0 Å². The number of likely N-dealkylation sites (N-methyl/N-ethyl adjacent to an activating group) is 1. The average Bonchev–Trinajstić information content (AvgIpc) is 3.03. The van der Waals surface area contributed by atoms with Crippen LogP contribution in [-0.4, -0.2) is 45.9 Å². The van der Waals surface area contributed by atoms with Crippen LogP contribution in [0.15, 0.2) is 35.6 Å². The molecule has 1 aromatic carbocycles. The average molecular weight is 378 g/mol. The molecule has 0 aliphatic carbocycles. The Hall–Kier alpha value is -2.52. The maximum atomic E-state index is 12.3. The number of nitrogens with zero attached hydrogens (tertiary/aromatic N) is 2. The van der Waals surface area contributed by atoms with Crippen LogP contribution in [0, 0.1) is 0 Å². The molecule has 3 N–H and O–H groups in total. The van der Waals surface area contributed by atoms with Crippen LogP contribution in [0.1, 0.15) is 12.6 Å². The number of thioether (sulfide) groups is 1. The van der Waals surface area contributed by atoms with E-state index in [1.807, 2.05) is 19.1 Å². The van der Waals surface area contributed by atoms with E-state index in [0.29, 0.717) is 28.9 Å². The van der Waals surface area contributed by atoms with Crippen molar-refractivity contribution >= 4 is 29.3 Å². The van der Waals surface area contributed by atoms with Crippen molar-refractivity contribution in [3.8, 4) is 5.75 Å². The van der Waals surface area contributed by atoms with E-state index < -0.39 is 0 Å². The van der Waals surface area contributed by atoms with Gasteiger partial charge in [-0.15, -0.1) is 0 Å². The first-order valence-corrected chi connectivity index (χ1v) is 9.07. The normalized spacial score (nSPS) is 10.4. The van der Waals surface area contributed by atoms with Gasteiger partial charge < -0.3 is 25.0 Å². The summed E-state index contributed by atoms with van der Waals surface area (Å²) < 4.78 is 7.07. The number of anilines is 1. The van der Waals surface area contributed by atoms with Gasteiger partial charge in [0.05, 0.1) is 36.5 Å². The lowest BCUT2D eigenvalue weighted by Gasteiger charge is -2.12. The Labute approximate surface area is 156 Å². The summed E-state index contributed by atoms with van der Waals surface area (Å²) in [5.74, 6) is 0.282. The minimum Gasteiger partial charge on any atom is -0.492 e. The minimum absolute atomic E-state index is 0.0313.